The van der Waals surface area contributed by atoms with E-state index >= 15 is 0 Å². The first-order valence-electron chi connectivity index (χ1n) is 9.12. The van der Waals surface area contributed by atoms with E-state index in [4.69, 9.17) is 4.52 Å². The number of sulfonamides is 1. The van der Waals surface area contributed by atoms with Crippen molar-refractivity contribution < 1.29 is 17.7 Å². The summed E-state index contributed by atoms with van der Waals surface area (Å²) in [6, 6.07) is 7.22. The summed E-state index contributed by atoms with van der Waals surface area (Å²) < 4.78 is 32.3. The molecule has 140 valence electrons. The summed E-state index contributed by atoms with van der Waals surface area (Å²) >= 11 is 0. The van der Waals surface area contributed by atoms with Gasteiger partial charge < -0.3 is 9.84 Å². The van der Waals surface area contributed by atoms with Crippen LogP contribution in [0.15, 0.2) is 28.8 Å². The summed E-state index contributed by atoms with van der Waals surface area (Å²) in [6.07, 6.45) is 3.78. The molecule has 1 aliphatic carbocycles. The molecule has 1 aliphatic heterocycles. The van der Waals surface area contributed by atoms with E-state index in [1.165, 1.54) is 17.1 Å². The fraction of sp³-hybridized carbons (Fsp3) is 0.556. The van der Waals surface area contributed by atoms with Crippen LogP contribution in [0.1, 0.15) is 31.4 Å². The van der Waals surface area contributed by atoms with Gasteiger partial charge in [0.25, 0.3) is 0 Å². The standard InChI is InChI=1S/C18H23N3O4S/c22-18(19-10-13-7-8-13)14-4-3-9-21(11-14)26(23,24)12-16-15-5-1-2-6-17(15)25-20-16/h1-2,5-6,13-14H,3-4,7-12H2,(H,19,22). The van der Waals surface area contributed by atoms with Crippen molar-refractivity contribution in [2.45, 2.75) is 31.4 Å². The van der Waals surface area contributed by atoms with Crippen LogP contribution in [-0.2, 0) is 20.6 Å². The van der Waals surface area contributed by atoms with Crippen LogP contribution < -0.4 is 5.32 Å². The monoisotopic (exact) mass is 377 g/mol. The predicted octanol–water partition coefficient (Wildman–Crippen LogP) is 1.90. The Morgan fingerprint density at radius 1 is 1.27 bits per heavy atom. The highest BCUT2D eigenvalue weighted by molar-refractivity contribution is 7.88. The first-order valence-corrected chi connectivity index (χ1v) is 10.7. The number of aromatic nitrogens is 1. The van der Waals surface area contributed by atoms with E-state index in [0.717, 1.165) is 6.42 Å². The van der Waals surface area contributed by atoms with Gasteiger partial charge in [0.05, 0.1) is 5.92 Å². The van der Waals surface area contributed by atoms with Crippen LogP contribution in [0, 0.1) is 11.8 Å². The van der Waals surface area contributed by atoms with Gasteiger partial charge >= 0.3 is 0 Å². The number of benzene rings is 1. The van der Waals surface area contributed by atoms with E-state index in [2.05, 4.69) is 10.5 Å². The Kier molecular flexibility index (Phi) is 4.71. The first-order chi connectivity index (χ1) is 12.5. The highest BCUT2D eigenvalue weighted by Crippen LogP contribution is 2.28. The second kappa shape index (κ2) is 7.00. The average Bonchev–Trinajstić information content (AvgIpc) is 3.40. The number of nitrogens with one attached hydrogen (secondary N) is 1. The van der Waals surface area contributed by atoms with Crippen LogP contribution in [0.2, 0.25) is 0 Å². The lowest BCUT2D eigenvalue weighted by Crippen LogP contribution is -2.46. The van der Waals surface area contributed by atoms with Crippen molar-refractivity contribution in [2.24, 2.45) is 11.8 Å². The summed E-state index contributed by atoms with van der Waals surface area (Å²) in [7, 11) is -3.55. The first kappa shape index (κ1) is 17.5. The smallest absolute Gasteiger partial charge is 0.224 e. The third kappa shape index (κ3) is 3.76. The predicted molar refractivity (Wildman–Crippen MR) is 96.7 cm³/mol. The van der Waals surface area contributed by atoms with Crippen LogP contribution in [0.4, 0.5) is 0 Å². The summed E-state index contributed by atoms with van der Waals surface area (Å²) in [5.41, 5.74) is 0.995. The molecule has 1 amide bonds. The van der Waals surface area contributed by atoms with Crippen LogP contribution in [-0.4, -0.2) is 43.4 Å². The van der Waals surface area contributed by atoms with E-state index in [-0.39, 0.29) is 24.1 Å². The zero-order valence-electron chi connectivity index (χ0n) is 14.6. The Morgan fingerprint density at radius 3 is 2.88 bits per heavy atom. The maximum absolute atomic E-state index is 12.9. The molecule has 8 heteroatoms. The zero-order chi connectivity index (χ0) is 18.1. The minimum Gasteiger partial charge on any atom is -0.356 e. The molecule has 1 N–H and O–H groups in total. The normalized spacial score (nSPS) is 21.8. The zero-order valence-corrected chi connectivity index (χ0v) is 15.4. The molecule has 2 fully saturated rings. The third-order valence-corrected chi connectivity index (χ3v) is 6.94. The van der Waals surface area contributed by atoms with E-state index < -0.39 is 10.0 Å². The van der Waals surface area contributed by atoms with Crippen molar-refractivity contribution in [3.63, 3.8) is 0 Å². The number of para-hydroxylation sites is 1. The number of carbonyl (C=O) groups excluding carboxylic acids is 1. The molecule has 2 aromatic rings. The van der Waals surface area contributed by atoms with Crippen molar-refractivity contribution in [1.82, 2.24) is 14.8 Å². The molecule has 1 saturated carbocycles. The molecule has 1 aromatic carbocycles. The molecule has 0 radical (unpaired) electrons. The maximum Gasteiger partial charge on any atom is 0.224 e. The van der Waals surface area contributed by atoms with E-state index in [1.54, 1.807) is 12.1 Å². The number of piperidine rings is 1. The Bertz CT molecular complexity index is 904. The number of carbonyl (C=O) groups is 1. The fourth-order valence-electron chi connectivity index (χ4n) is 3.43. The third-order valence-electron chi connectivity index (χ3n) is 5.18. The van der Waals surface area contributed by atoms with Crippen molar-refractivity contribution >= 4 is 26.9 Å². The maximum atomic E-state index is 12.9. The van der Waals surface area contributed by atoms with Gasteiger partial charge in [-0.25, -0.2) is 12.7 Å². The summed E-state index contributed by atoms with van der Waals surface area (Å²) in [6.45, 7) is 1.41. The van der Waals surface area contributed by atoms with Gasteiger partial charge in [0.15, 0.2) is 5.58 Å². The lowest BCUT2D eigenvalue weighted by Gasteiger charge is -2.31. The van der Waals surface area contributed by atoms with Crippen molar-refractivity contribution in [2.75, 3.05) is 19.6 Å². The van der Waals surface area contributed by atoms with Gasteiger partial charge in [-0.05, 0) is 43.7 Å². The SMILES string of the molecule is O=C(NCC1CC1)C1CCCN(S(=O)(=O)Cc2noc3ccccc23)C1. The van der Waals surface area contributed by atoms with Crippen LogP contribution in [0.5, 0.6) is 0 Å². The fourth-order valence-corrected chi connectivity index (χ4v) is 4.98. The number of rotatable bonds is 6. The minimum absolute atomic E-state index is 0.0244. The average molecular weight is 377 g/mol. The highest BCUT2D eigenvalue weighted by atomic mass is 32.2. The number of hydrogen-bond donors (Lipinski definition) is 1. The number of hydrogen-bond acceptors (Lipinski definition) is 5. The molecule has 0 bridgehead atoms. The molecule has 26 heavy (non-hydrogen) atoms. The number of nitrogens with zero attached hydrogens (tertiary/aromatic N) is 2. The topological polar surface area (TPSA) is 92.5 Å². The van der Waals surface area contributed by atoms with E-state index in [9.17, 15) is 13.2 Å². The van der Waals surface area contributed by atoms with E-state index in [1.807, 2.05) is 12.1 Å². The molecule has 1 atom stereocenters. The Balaban J connectivity index is 1.43. The number of amides is 1. The Hall–Kier alpha value is -1.93. The van der Waals surface area contributed by atoms with Crippen LogP contribution >= 0.6 is 0 Å². The van der Waals surface area contributed by atoms with Gasteiger partial charge in [-0.3, -0.25) is 4.79 Å². The molecular weight excluding hydrogens is 354 g/mol. The van der Waals surface area contributed by atoms with Gasteiger partial charge in [-0.2, -0.15) is 0 Å². The van der Waals surface area contributed by atoms with Gasteiger partial charge in [0.2, 0.25) is 15.9 Å². The molecule has 2 heterocycles. The van der Waals surface area contributed by atoms with Gasteiger partial charge in [0, 0.05) is 25.0 Å². The Labute approximate surface area is 152 Å². The molecule has 2 aliphatic rings. The van der Waals surface area contributed by atoms with Crippen molar-refractivity contribution in [3.8, 4) is 0 Å². The van der Waals surface area contributed by atoms with E-state index in [0.29, 0.717) is 42.1 Å². The Morgan fingerprint density at radius 2 is 2.08 bits per heavy atom. The van der Waals surface area contributed by atoms with Gasteiger partial charge in [-0.15, -0.1) is 0 Å². The lowest BCUT2D eigenvalue weighted by molar-refractivity contribution is -0.126. The quantitative estimate of drug-likeness (QED) is 0.830. The highest BCUT2D eigenvalue weighted by Gasteiger charge is 2.34. The van der Waals surface area contributed by atoms with Crippen LogP contribution in [0.3, 0.4) is 0 Å². The second-order valence-corrected chi connectivity index (χ2v) is 9.24. The molecular formula is C18H23N3O4S. The lowest BCUT2D eigenvalue weighted by atomic mass is 9.99. The molecule has 1 aromatic heterocycles. The number of fused-ring (bicyclic) bond motifs is 1. The molecule has 7 nitrogen and oxygen atoms in total. The molecule has 1 saturated heterocycles. The van der Waals surface area contributed by atoms with Gasteiger partial charge in [0.1, 0.15) is 11.4 Å². The molecule has 1 unspecified atom stereocenters. The second-order valence-electron chi connectivity index (χ2n) is 7.27. The summed E-state index contributed by atoms with van der Waals surface area (Å²) in [5.74, 6) is 0.110. The van der Waals surface area contributed by atoms with Crippen molar-refractivity contribution in [3.05, 3.63) is 30.0 Å². The minimum atomic E-state index is -3.55. The summed E-state index contributed by atoms with van der Waals surface area (Å²) in [5, 5.41) is 7.61. The molecule has 0 spiro atoms. The van der Waals surface area contributed by atoms with Gasteiger partial charge in [-0.1, -0.05) is 17.3 Å². The summed E-state index contributed by atoms with van der Waals surface area (Å²) in [4.78, 5) is 12.3. The van der Waals surface area contributed by atoms with Crippen molar-refractivity contribution in [1.29, 1.82) is 0 Å². The van der Waals surface area contributed by atoms with Crippen LogP contribution in [0.25, 0.3) is 11.0 Å². The largest absolute Gasteiger partial charge is 0.356 e. The molecule has 4 rings (SSSR count).